The number of halogens is 1. The smallest absolute Gasteiger partial charge is 0.221 e. The Morgan fingerprint density at radius 1 is 1.41 bits per heavy atom. The van der Waals surface area contributed by atoms with E-state index >= 15 is 0 Å². The number of nitrogens with one attached hydrogen (secondary N) is 1. The van der Waals surface area contributed by atoms with Gasteiger partial charge in [-0.25, -0.2) is 0 Å². The lowest BCUT2D eigenvalue weighted by molar-refractivity contribution is -0.117. The van der Waals surface area contributed by atoms with Gasteiger partial charge in [0.1, 0.15) is 6.26 Å². The summed E-state index contributed by atoms with van der Waals surface area (Å²) in [6, 6.07) is 7.06. The maximum absolute atomic E-state index is 11.1. The number of rotatable bonds is 5. The van der Waals surface area contributed by atoms with Crippen LogP contribution in [0.1, 0.15) is 12.5 Å². The zero-order valence-corrected chi connectivity index (χ0v) is 10.5. The van der Waals surface area contributed by atoms with Gasteiger partial charge in [0.25, 0.3) is 0 Å². The Balaban J connectivity index is 2.85. The van der Waals surface area contributed by atoms with Crippen molar-refractivity contribution < 1.29 is 14.3 Å². The number of benzene rings is 1. The van der Waals surface area contributed by atoms with Crippen molar-refractivity contribution >= 4 is 23.2 Å². The summed E-state index contributed by atoms with van der Waals surface area (Å²) >= 11 is 5.79. The van der Waals surface area contributed by atoms with Crippen molar-refractivity contribution in [3.63, 3.8) is 0 Å². The Morgan fingerprint density at radius 2 is 2.06 bits per heavy atom. The summed E-state index contributed by atoms with van der Waals surface area (Å²) in [6.07, 6.45) is 1.44. The molecule has 4 nitrogen and oxygen atoms in total. The SMILES string of the molecule is COCOC=C(NC(C)=O)c1ccc(Cl)cc1. The van der Waals surface area contributed by atoms with Crippen LogP contribution >= 0.6 is 11.6 Å². The zero-order chi connectivity index (χ0) is 12.7. The second-order valence-electron chi connectivity index (χ2n) is 3.29. The highest BCUT2D eigenvalue weighted by Crippen LogP contribution is 2.15. The van der Waals surface area contributed by atoms with Gasteiger partial charge in [0.05, 0.1) is 5.70 Å². The van der Waals surface area contributed by atoms with E-state index < -0.39 is 0 Å². The maximum atomic E-state index is 11.1. The van der Waals surface area contributed by atoms with Crippen molar-refractivity contribution in [3.05, 3.63) is 41.1 Å². The molecule has 0 fully saturated rings. The van der Waals surface area contributed by atoms with E-state index in [0.717, 1.165) is 5.56 Å². The van der Waals surface area contributed by atoms with Gasteiger partial charge in [-0.05, 0) is 12.1 Å². The Bertz CT molecular complexity index is 401. The van der Waals surface area contributed by atoms with Crippen LogP contribution in [0.15, 0.2) is 30.5 Å². The molecule has 0 unspecified atom stereocenters. The number of carbonyl (C=O) groups is 1. The van der Waals surface area contributed by atoms with Crippen LogP contribution in [-0.2, 0) is 14.3 Å². The first-order chi connectivity index (χ1) is 8.13. The van der Waals surface area contributed by atoms with Crippen molar-refractivity contribution in [1.29, 1.82) is 0 Å². The molecule has 0 aliphatic carbocycles. The van der Waals surface area contributed by atoms with E-state index in [1.807, 2.05) is 0 Å². The Kier molecular flexibility index (Phi) is 5.52. The minimum absolute atomic E-state index is 0.122. The Hall–Kier alpha value is -1.52. The summed E-state index contributed by atoms with van der Waals surface area (Å²) in [6.45, 7) is 1.55. The highest BCUT2D eigenvalue weighted by atomic mass is 35.5. The normalized spacial score (nSPS) is 11.1. The molecule has 0 saturated carbocycles. The van der Waals surface area contributed by atoms with Crippen LogP contribution in [0.2, 0.25) is 5.02 Å². The molecular formula is C12H14ClNO3. The highest BCUT2D eigenvalue weighted by molar-refractivity contribution is 6.30. The fourth-order valence-corrected chi connectivity index (χ4v) is 1.30. The van der Waals surface area contributed by atoms with Crippen LogP contribution in [0.3, 0.4) is 0 Å². The lowest BCUT2D eigenvalue weighted by atomic mass is 10.2. The van der Waals surface area contributed by atoms with E-state index in [1.54, 1.807) is 24.3 Å². The Labute approximate surface area is 105 Å². The third-order valence-corrected chi connectivity index (χ3v) is 2.10. The van der Waals surface area contributed by atoms with Gasteiger partial charge in [0.15, 0.2) is 6.79 Å². The Morgan fingerprint density at radius 3 is 2.59 bits per heavy atom. The molecule has 0 spiro atoms. The largest absolute Gasteiger partial charge is 0.473 e. The topological polar surface area (TPSA) is 47.6 Å². The third-order valence-electron chi connectivity index (χ3n) is 1.85. The molecule has 1 N–H and O–H groups in total. The van der Waals surface area contributed by atoms with Crippen molar-refractivity contribution in [2.75, 3.05) is 13.9 Å². The van der Waals surface area contributed by atoms with Gasteiger partial charge >= 0.3 is 0 Å². The molecule has 5 heteroatoms. The fraction of sp³-hybridized carbons (Fsp3) is 0.250. The van der Waals surface area contributed by atoms with Crippen LogP contribution < -0.4 is 5.32 Å². The fourth-order valence-electron chi connectivity index (χ4n) is 1.17. The molecule has 0 radical (unpaired) electrons. The molecule has 0 aromatic heterocycles. The summed E-state index contributed by atoms with van der Waals surface area (Å²) < 4.78 is 9.85. The highest BCUT2D eigenvalue weighted by Gasteiger charge is 2.04. The monoisotopic (exact) mass is 255 g/mol. The van der Waals surface area contributed by atoms with E-state index in [0.29, 0.717) is 10.7 Å². The quantitative estimate of drug-likeness (QED) is 0.499. The van der Waals surface area contributed by atoms with Gasteiger partial charge < -0.3 is 14.8 Å². The summed E-state index contributed by atoms with van der Waals surface area (Å²) in [5.74, 6) is -0.174. The summed E-state index contributed by atoms with van der Waals surface area (Å²) in [4.78, 5) is 11.1. The molecule has 0 aliphatic rings. The van der Waals surface area contributed by atoms with Gasteiger partial charge in [-0.15, -0.1) is 0 Å². The lowest BCUT2D eigenvalue weighted by Gasteiger charge is -2.09. The first-order valence-electron chi connectivity index (χ1n) is 4.97. The van der Waals surface area contributed by atoms with Crippen molar-refractivity contribution in [2.45, 2.75) is 6.92 Å². The number of carbonyl (C=O) groups excluding carboxylic acids is 1. The second-order valence-corrected chi connectivity index (χ2v) is 3.73. The van der Waals surface area contributed by atoms with Crippen molar-refractivity contribution in [2.24, 2.45) is 0 Å². The molecule has 0 bridgehead atoms. The van der Waals surface area contributed by atoms with E-state index in [2.05, 4.69) is 5.32 Å². The van der Waals surface area contributed by atoms with Crippen LogP contribution in [-0.4, -0.2) is 19.8 Å². The molecule has 1 rings (SSSR count). The molecule has 1 aromatic carbocycles. The van der Waals surface area contributed by atoms with Gasteiger partial charge in [-0.1, -0.05) is 23.7 Å². The number of hydrogen-bond acceptors (Lipinski definition) is 3. The van der Waals surface area contributed by atoms with E-state index in [4.69, 9.17) is 21.1 Å². The standard InChI is InChI=1S/C12H14ClNO3/c1-9(15)14-12(7-17-8-16-2)10-3-5-11(13)6-4-10/h3-7H,8H2,1-2H3,(H,14,15). The van der Waals surface area contributed by atoms with Crippen molar-refractivity contribution in [1.82, 2.24) is 5.32 Å². The van der Waals surface area contributed by atoms with Crippen LogP contribution in [0.5, 0.6) is 0 Å². The van der Waals surface area contributed by atoms with Crippen LogP contribution in [0.25, 0.3) is 5.70 Å². The maximum Gasteiger partial charge on any atom is 0.221 e. The van der Waals surface area contributed by atoms with Gasteiger partial charge in [0.2, 0.25) is 5.91 Å². The van der Waals surface area contributed by atoms with Gasteiger partial charge in [-0.3, -0.25) is 4.79 Å². The van der Waals surface area contributed by atoms with Gasteiger partial charge in [-0.2, -0.15) is 0 Å². The van der Waals surface area contributed by atoms with Gasteiger partial charge in [0, 0.05) is 24.6 Å². The van der Waals surface area contributed by atoms with E-state index in [9.17, 15) is 4.79 Å². The second kappa shape index (κ2) is 6.93. The molecule has 0 heterocycles. The average molecular weight is 256 g/mol. The molecule has 1 amide bonds. The molecule has 1 aromatic rings. The van der Waals surface area contributed by atoms with E-state index in [1.165, 1.54) is 20.3 Å². The van der Waals surface area contributed by atoms with Crippen LogP contribution in [0.4, 0.5) is 0 Å². The number of ether oxygens (including phenoxy) is 2. The molecule has 17 heavy (non-hydrogen) atoms. The molecule has 0 aliphatic heterocycles. The summed E-state index contributed by atoms with van der Waals surface area (Å²) in [5.41, 5.74) is 1.37. The molecule has 0 atom stereocenters. The third kappa shape index (κ3) is 4.89. The minimum Gasteiger partial charge on any atom is -0.473 e. The summed E-state index contributed by atoms with van der Waals surface area (Å²) in [5, 5.41) is 3.31. The predicted octanol–water partition coefficient (Wildman–Crippen LogP) is 2.40. The number of methoxy groups -OCH3 is 1. The molecule has 92 valence electrons. The van der Waals surface area contributed by atoms with E-state index in [-0.39, 0.29) is 12.7 Å². The first-order valence-corrected chi connectivity index (χ1v) is 5.35. The molecular weight excluding hydrogens is 242 g/mol. The first kappa shape index (κ1) is 13.5. The number of hydrogen-bond donors (Lipinski definition) is 1. The summed E-state index contributed by atoms with van der Waals surface area (Å²) in [7, 11) is 1.52. The average Bonchev–Trinajstić information content (AvgIpc) is 2.28. The lowest BCUT2D eigenvalue weighted by Crippen LogP contribution is -2.18. The predicted molar refractivity (Wildman–Crippen MR) is 66.2 cm³/mol. The number of amides is 1. The molecule has 0 saturated heterocycles. The minimum atomic E-state index is -0.174. The van der Waals surface area contributed by atoms with Crippen LogP contribution in [0, 0.1) is 0 Å². The van der Waals surface area contributed by atoms with Crippen molar-refractivity contribution in [3.8, 4) is 0 Å². The zero-order valence-electron chi connectivity index (χ0n) is 9.70.